The van der Waals surface area contributed by atoms with Crippen LogP contribution in [0, 0.1) is 13.8 Å². The smallest absolute Gasteiger partial charge is 0.101 e. The number of aliphatic imine (C=N–C) groups is 2. The van der Waals surface area contributed by atoms with Crippen molar-refractivity contribution < 1.29 is 0 Å². The normalized spacial score (nSPS) is 12.5. The zero-order valence-electron chi connectivity index (χ0n) is 13.8. The molecule has 4 aliphatic heterocycles. The van der Waals surface area contributed by atoms with Gasteiger partial charge in [0.15, 0.2) is 0 Å². The molecule has 0 N–H and O–H groups in total. The van der Waals surface area contributed by atoms with Gasteiger partial charge in [-0.25, -0.2) is 0 Å². The molecule has 2 nitrogen and oxygen atoms in total. The highest BCUT2D eigenvalue weighted by molar-refractivity contribution is 5.67. The van der Waals surface area contributed by atoms with Gasteiger partial charge in [-0.1, -0.05) is 38.1 Å². The van der Waals surface area contributed by atoms with Gasteiger partial charge >= 0.3 is 0 Å². The molecule has 112 valence electrons. The Bertz CT molecular complexity index is 730. The lowest BCUT2D eigenvalue weighted by molar-refractivity contribution is 1.07. The minimum atomic E-state index is 0.968. The molecule has 0 aromatic heterocycles. The van der Waals surface area contributed by atoms with Gasteiger partial charge in [0, 0.05) is 0 Å². The molecular weight excluding hydrogens is 268 g/mol. The number of benzene rings is 2. The highest BCUT2D eigenvalue weighted by atomic mass is 14.8. The quantitative estimate of drug-likeness (QED) is 0.598. The third-order valence-electron chi connectivity index (χ3n) is 4.37. The number of nitrogens with zero attached hydrogens (tertiary/aromatic N) is 2. The fraction of sp³-hybridized carbons (Fsp3) is 0.350. The average Bonchev–Trinajstić information content (AvgIpc) is 2.48. The second-order valence-corrected chi connectivity index (χ2v) is 6.05. The highest BCUT2D eigenvalue weighted by Crippen LogP contribution is 2.31. The van der Waals surface area contributed by atoms with E-state index in [4.69, 9.17) is 0 Å². The first-order chi connectivity index (χ1) is 10.6. The summed E-state index contributed by atoms with van der Waals surface area (Å²) in [6.07, 6.45) is 2.92. The molecule has 0 fully saturated rings. The van der Waals surface area contributed by atoms with Crippen LogP contribution in [0.15, 0.2) is 34.3 Å². The molecule has 2 aromatic carbocycles. The molecule has 4 heterocycles. The van der Waals surface area contributed by atoms with Gasteiger partial charge in [0.1, 0.15) is 6.01 Å². The van der Waals surface area contributed by atoms with Crippen molar-refractivity contribution in [3.8, 4) is 0 Å². The van der Waals surface area contributed by atoms with Gasteiger partial charge in [0.2, 0.25) is 0 Å². The molecule has 4 aliphatic rings. The Labute approximate surface area is 132 Å². The lowest BCUT2D eigenvalue weighted by atomic mass is 9.94. The third kappa shape index (κ3) is 2.63. The maximum absolute atomic E-state index is 4.53. The molecule has 2 aromatic rings. The van der Waals surface area contributed by atoms with Crippen LogP contribution in [0.3, 0.4) is 0 Å². The fourth-order valence-electron chi connectivity index (χ4n) is 3.29. The van der Waals surface area contributed by atoms with E-state index >= 15 is 0 Å². The van der Waals surface area contributed by atoms with Crippen molar-refractivity contribution >= 4 is 17.4 Å². The number of aryl methyl sites for hydroxylation is 4. The predicted octanol–water partition coefficient (Wildman–Crippen LogP) is 5.47. The van der Waals surface area contributed by atoms with Gasteiger partial charge in [0.05, 0.1) is 11.4 Å². The molecular formula is C20H22N2. The maximum Gasteiger partial charge on any atom is 0.101 e. The summed E-state index contributed by atoms with van der Waals surface area (Å²) in [7, 11) is 0. The van der Waals surface area contributed by atoms with Gasteiger partial charge in [-0.3, -0.25) is 0 Å². The van der Waals surface area contributed by atoms with E-state index in [1.54, 1.807) is 0 Å². The predicted molar refractivity (Wildman–Crippen MR) is 93.1 cm³/mol. The van der Waals surface area contributed by atoms with Gasteiger partial charge in [-0.2, -0.15) is 9.98 Å². The lowest BCUT2D eigenvalue weighted by Gasteiger charge is -2.14. The van der Waals surface area contributed by atoms with Crippen molar-refractivity contribution in [3.63, 3.8) is 0 Å². The molecule has 0 atom stereocenters. The van der Waals surface area contributed by atoms with E-state index in [9.17, 15) is 0 Å². The second kappa shape index (κ2) is 5.90. The molecule has 0 saturated carbocycles. The minimum Gasteiger partial charge on any atom is -0.187 e. The first kappa shape index (κ1) is 14.7. The summed E-state index contributed by atoms with van der Waals surface area (Å²) in [6.45, 7) is 8.60. The van der Waals surface area contributed by atoms with Crippen LogP contribution in [-0.2, 0) is 19.3 Å². The Morgan fingerprint density at radius 1 is 0.818 bits per heavy atom. The number of rotatable bonds is 2. The Morgan fingerprint density at radius 2 is 1.27 bits per heavy atom. The molecule has 2 heteroatoms. The number of hydrogen-bond donors (Lipinski definition) is 0. The van der Waals surface area contributed by atoms with Gasteiger partial charge in [-0.05, 0) is 66.5 Å². The van der Waals surface area contributed by atoms with Crippen molar-refractivity contribution in [1.82, 2.24) is 0 Å². The third-order valence-corrected chi connectivity index (χ3v) is 4.37. The first-order valence-electron chi connectivity index (χ1n) is 8.03. The van der Waals surface area contributed by atoms with E-state index in [1.807, 2.05) is 0 Å². The summed E-state index contributed by atoms with van der Waals surface area (Å²) in [5, 5.41) is 0. The second-order valence-electron chi connectivity index (χ2n) is 6.05. The zero-order valence-corrected chi connectivity index (χ0v) is 13.8. The molecule has 0 radical (unpaired) electrons. The van der Waals surface area contributed by atoms with Crippen LogP contribution in [0.1, 0.15) is 47.2 Å². The van der Waals surface area contributed by atoms with Crippen LogP contribution in [0.25, 0.3) is 0 Å². The zero-order chi connectivity index (χ0) is 15.7. The Morgan fingerprint density at radius 3 is 1.68 bits per heavy atom. The van der Waals surface area contributed by atoms with Crippen molar-refractivity contribution in [2.75, 3.05) is 0 Å². The molecule has 0 aliphatic carbocycles. The molecule has 22 heavy (non-hydrogen) atoms. The standard InChI is InChI=1S/C20H22N2/c1-5-17-10-15-7-13(3)19(17)21-12-22-20-14(4)8-16(9-15)11-18(20)6-2/h7-8,10-11H,5-6,9H2,1-4H3. The molecule has 0 amide bonds. The Balaban J connectivity index is 2.30. The largest absolute Gasteiger partial charge is 0.187 e. The van der Waals surface area contributed by atoms with Crippen LogP contribution in [0.2, 0.25) is 0 Å². The Kier molecular flexibility index (Phi) is 3.96. The number of hydrogen-bond acceptors (Lipinski definition) is 2. The summed E-state index contributed by atoms with van der Waals surface area (Å²) < 4.78 is 0. The van der Waals surface area contributed by atoms with E-state index in [2.05, 4.69) is 68.0 Å². The van der Waals surface area contributed by atoms with E-state index in [1.165, 1.54) is 33.4 Å². The summed E-state index contributed by atoms with van der Waals surface area (Å²) >= 11 is 0. The van der Waals surface area contributed by atoms with Crippen molar-refractivity contribution in [1.29, 1.82) is 0 Å². The van der Waals surface area contributed by atoms with E-state index in [0.29, 0.717) is 0 Å². The van der Waals surface area contributed by atoms with Crippen LogP contribution in [-0.4, -0.2) is 6.01 Å². The maximum atomic E-state index is 4.53. The highest BCUT2D eigenvalue weighted by Gasteiger charge is 2.11. The fourth-order valence-corrected chi connectivity index (χ4v) is 3.29. The Hall–Kier alpha value is -2.18. The van der Waals surface area contributed by atoms with Crippen LogP contribution >= 0.6 is 0 Å². The van der Waals surface area contributed by atoms with Crippen LogP contribution in [0.5, 0.6) is 0 Å². The molecule has 0 saturated heterocycles. The van der Waals surface area contributed by atoms with E-state index < -0.39 is 0 Å². The van der Waals surface area contributed by atoms with Crippen LogP contribution < -0.4 is 0 Å². The summed E-state index contributed by atoms with van der Waals surface area (Å²) in [5.41, 5.74) is 9.75. The van der Waals surface area contributed by atoms with E-state index in [0.717, 1.165) is 30.6 Å². The topological polar surface area (TPSA) is 24.7 Å². The molecule has 0 unspecified atom stereocenters. The van der Waals surface area contributed by atoms with Crippen molar-refractivity contribution in [2.45, 2.75) is 47.0 Å². The van der Waals surface area contributed by atoms with Crippen molar-refractivity contribution in [3.05, 3.63) is 57.6 Å². The molecule has 4 bridgehead atoms. The van der Waals surface area contributed by atoms with Crippen LogP contribution in [0.4, 0.5) is 11.4 Å². The SMILES string of the molecule is CCc1cc2cc(C)c1N=C=Nc1c(C)cc(cc1CC)C2. The minimum absolute atomic E-state index is 0.968. The monoisotopic (exact) mass is 290 g/mol. The molecule has 0 spiro atoms. The summed E-state index contributed by atoms with van der Waals surface area (Å²) in [5.74, 6) is 0. The lowest BCUT2D eigenvalue weighted by Crippen LogP contribution is -1.97. The van der Waals surface area contributed by atoms with E-state index in [-0.39, 0.29) is 0 Å². The van der Waals surface area contributed by atoms with Crippen molar-refractivity contribution in [2.24, 2.45) is 9.98 Å². The van der Waals surface area contributed by atoms with Gasteiger partial charge in [-0.15, -0.1) is 0 Å². The summed E-state index contributed by atoms with van der Waals surface area (Å²) in [4.78, 5) is 9.07. The van der Waals surface area contributed by atoms with Gasteiger partial charge < -0.3 is 0 Å². The van der Waals surface area contributed by atoms with Gasteiger partial charge in [0.25, 0.3) is 0 Å². The first-order valence-corrected chi connectivity index (χ1v) is 8.03. The molecule has 6 rings (SSSR count). The summed E-state index contributed by atoms with van der Waals surface area (Å²) in [6, 6.07) is 12.0. The average molecular weight is 290 g/mol.